The summed E-state index contributed by atoms with van der Waals surface area (Å²) in [6.07, 6.45) is 9.45. The average molecular weight is 431 g/mol. The molecule has 4 bridgehead atoms. The SMILES string of the molecule is COc1ccc(C23CC4CC(CC(C(=O)NCCc5nnc6ccccn56)(C4)C2)C3)cc1. The van der Waals surface area contributed by atoms with E-state index in [0.717, 1.165) is 36.5 Å². The first-order valence-electron chi connectivity index (χ1n) is 11.8. The lowest BCUT2D eigenvalue weighted by Crippen LogP contribution is -2.59. The Kier molecular flexibility index (Phi) is 4.52. The fourth-order valence-corrected chi connectivity index (χ4v) is 7.35. The lowest BCUT2D eigenvalue weighted by molar-refractivity contribution is -0.149. The molecule has 6 nitrogen and oxygen atoms in total. The number of nitrogens with zero attached hydrogens (tertiary/aromatic N) is 3. The van der Waals surface area contributed by atoms with Crippen LogP contribution in [0.4, 0.5) is 0 Å². The maximum absolute atomic E-state index is 13.6. The molecule has 6 heteroatoms. The van der Waals surface area contributed by atoms with E-state index in [1.807, 2.05) is 28.8 Å². The number of benzene rings is 1. The molecule has 3 aromatic rings. The van der Waals surface area contributed by atoms with E-state index in [2.05, 4.69) is 39.8 Å². The van der Waals surface area contributed by atoms with Crippen molar-refractivity contribution in [1.82, 2.24) is 19.9 Å². The van der Waals surface area contributed by atoms with Crippen LogP contribution in [0.1, 0.15) is 49.9 Å². The van der Waals surface area contributed by atoms with Crippen molar-refractivity contribution in [3.8, 4) is 5.75 Å². The number of pyridine rings is 1. The fourth-order valence-electron chi connectivity index (χ4n) is 7.35. The molecule has 0 saturated heterocycles. The van der Waals surface area contributed by atoms with Gasteiger partial charge in [-0.1, -0.05) is 18.2 Å². The Labute approximate surface area is 188 Å². The van der Waals surface area contributed by atoms with Crippen LogP contribution in [0.3, 0.4) is 0 Å². The topological polar surface area (TPSA) is 68.5 Å². The van der Waals surface area contributed by atoms with Crippen molar-refractivity contribution in [3.05, 3.63) is 60.0 Å². The zero-order valence-electron chi connectivity index (χ0n) is 18.6. The highest BCUT2D eigenvalue weighted by Crippen LogP contribution is 2.65. The molecule has 4 aliphatic carbocycles. The molecule has 166 valence electrons. The van der Waals surface area contributed by atoms with Gasteiger partial charge in [0.1, 0.15) is 11.6 Å². The number of fused-ring (bicyclic) bond motifs is 1. The van der Waals surface area contributed by atoms with Crippen LogP contribution in [0, 0.1) is 17.3 Å². The number of nitrogens with one attached hydrogen (secondary N) is 1. The molecule has 32 heavy (non-hydrogen) atoms. The zero-order valence-corrected chi connectivity index (χ0v) is 18.6. The minimum absolute atomic E-state index is 0.136. The van der Waals surface area contributed by atoms with Crippen LogP contribution in [-0.4, -0.2) is 34.2 Å². The molecule has 4 fully saturated rings. The van der Waals surface area contributed by atoms with Crippen molar-refractivity contribution < 1.29 is 9.53 Å². The van der Waals surface area contributed by atoms with Crippen molar-refractivity contribution in [2.45, 2.75) is 50.4 Å². The summed E-state index contributed by atoms with van der Waals surface area (Å²) in [7, 11) is 1.71. The van der Waals surface area contributed by atoms with E-state index < -0.39 is 0 Å². The summed E-state index contributed by atoms with van der Waals surface area (Å²) in [6.45, 7) is 0.598. The van der Waals surface area contributed by atoms with Crippen LogP contribution < -0.4 is 10.1 Å². The molecule has 1 N–H and O–H groups in total. The Hall–Kier alpha value is -2.89. The minimum Gasteiger partial charge on any atom is -0.497 e. The zero-order chi connectivity index (χ0) is 21.8. The summed E-state index contributed by atoms with van der Waals surface area (Å²) < 4.78 is 7.37. The monoisotopic (exact) mass is 430 g/mol. The summed E-state index contributed by atoms with van der Waals surface area (Å²) in [5.74, 6) is 3.35. The highest BCUT2D eigenvalue weighted by molar-refractivity contribution is 5.83. The van der Waals surface area contributed by atoms with Crippen LogP contribution in [0.25, 0.3) is 5.65 Å². The van der Waals surface area contributed by atoms with Gasteiger partial charge in [0.2, 0.25) is 5.91 Å². The number of carbonyl (C=O) groups is 1. The molecular weight excluding hydrogens is 400 g/mol. The quantitative estimate of drug-likeness (QED) is 0.643. The molecular formula is C26H30N4O2. The molecule has 4 aliphatic rings. The van der Waals surface area contributed by atoms with Gasteiger partial charge in [0.15, 0.2) is 5.65 Å². The van der Waals surface area contributed by atoms with E-state index in [1.165, 1.54) is 24.8 Å². The van der Waals surface area contributed by atoms with Gasteiger partial charge in [-0.25, -0.2) is 0 Å². The molecule has 7 rings (SSSR count). The molecule has 4 saturated carbocycles. The second kappa shape index (κ2) is 7.32. The first-order chi connectivity index (χ1) is 15.6. The van der Waals surface area contributed by atoms with Crippen LogP contribution in [-0.2, 0) is 16.6 Å². The van der Waals surface area contributed by atoms with E-state index >= 15 is 0 Å². The van der Waals surface area contributed by atoms with E-state index in [4.69, 9.17) is 4.74 Å². The number of aromatic nitrogens is 3. The second-order valence-corrected chi connectivity index (χ2v) is 10.3. The standard InChI is InChI=1S/C26H30N4O2/c1-32-21-7-5-20(6-8-21)25-13-18-12-19(14-25)16-26(15-18,17-25)24(31)27-10-9-23-29-28-22-4-2-3-11-30(22)23/h2-8,11,18-19H,9-10,12-17H2,1H3,(H,27,31). The van der Waals surface area contributed by atoms with Crippen molar-refractivity contribution in [2.75, 3.05) is 13.7 Å². The second-order valence-electron chi connectivity index (χ2n) is 10.3. The molecule has 0 radical (unpaired) electrons. The maximum atomic E-state index is 13.6. The third kappa shape index (κ3) is 3.11. The summed E-state index contributed by atoms with van der Waals surface area (Å²) in [5, 5.41) is 11.8. The predicted molar refractivity (Wildman–Crippen MR) is 121 cm³/mol. The first-order valence-corrected chi connectivity index (χ1v) is 11.8. The summed E-state index contributed by atoms with van der Waals surface area (Å²) >= 11 is 0. The van der Waals surface area contributed by atoms with Gasteiger partial charge >= 0.3 is 0 Å². The minimum atomic E-state index is -0.225. The smallest absolute Gasteiger partial charge is 0.226 e. The molecule has 0 aliphatic heterocycles. The van der Waals surface area contributed by atoms with Crippen molar-refractivity contribution in [2.24, 2.45) is 17.3 Å². The molecule has 2 aromatic heterocycles. The van der Waals surface area contributed by atoms with E-state index in [0.29, 0.717) is 24.8 Å². The van der Waals surface area contributed by atoms with Gasteiger partial charge in [-0.05, 0) is 85.6 Å². The summed E-state index contributed by atoms with van der Waals surface area (Å²) in [5.41, 5.74) is 2.14. The van der Waals surface area contributed by atoms with Crippen LogP contribution >= 0.6 is 0 Å². The van der Waals surface area contributed by atoms with Crippen molar-refractivity contribution in [3.63, 3.8) is 0 Å². The van der Waals surface area contributed by atoms with Gasteiger partial charge in [-0.15, -0.1) is 10.2 Å². The Bertz CT molecular complexity index is 1140. The highest BCUT2D eigenvalue weighted by Gasteiger charge is 2.60. The maximum Gasteiger partial charge on any atom is 0.226 e. The van der Waals surface area contributed by atoms with Gasteiger partial charge in [0.05, 0.1) is 12.5 Å². The average Bonchev–Trinajstić information content (AvgIpc) is 3.21. The van der Waals surface area contributed by atoms with Gasteiger partial charge in [-0.3, -0.25) is 9.20 Å². The predicted octanol–water partition coefficient (Wildman–Crippen LogP) is 3.93. The van der Waals surface area contributed by atoms with Gasteiger partial charge in [-0.2, -0.15) is 0 Å². The lowest BCUT2D eigenvalue weighted by atomic mass is 9.42. The molecule has 2 unspecified atom stereocenters. The normalized spacial score (nSPS) is 30.5. The number of hydrogen-bond donors (Lipinski definition) is 1. The Morgan fingerprint density at radius 1 is 1.09 bits per heavy atom. The summed E-state index contributed by atoms with van der Waals surface area (Å²) in [4.78, 5) is 13.6. The molecule has 1 aromatic carbocycles. The molecule has 1 amide bonds. The first kappa shape index (κ1) is 19.8. The van der Waals surface area contributed by atoms with Gasteiger partial charge < -0.3 is 10.1 Å². The summed E-state index contributed by atoms with van der Waals surface area (Å²) in [6, 6.07) is 14.5. The third-order valence-corrected chi connectivity index (χ3v) is 8.26. The highest BCUT2D eigenvalue weighted by atomic mass is 16.5. The van der Waals surface area contributed by atoms with E-state index in [1.54, 1.807) is 7.11 Å². The van der Waals surface area contributed by atoms with E-state index in [-0.39, 0.29) is 16.7 Å². The molecule has 2 atom stereocenters. The Balaban J connectivity index is 1.19. The van der Waals surface area contributed by atoms with Crippen molar-refractivity contribution >= 4 is 11.6 Å². The number of methoxy groups -OCH3 is 1. The van der Waals surface area contributed by atoms with Gasteiger partial charge in [0.25, 0.3) is 0 Å². The molecule has 0 spiro atoms. The van der Waals surface area contributed by atoms with Crippen LogP contribution in [0.2, 0.25) is 0 Å². The number of hydrogen-bond acceptors (Lipinski definition) is 4. The number of ether oxygens (including phenoxy) is 1. The number of rotatable bonds is 6. The van der Waals surface area contributed by atoms with Gasteiger partial charge in [0, 0.05) is 19.2 Å². The van der Waals surface area contributed by atoms with Crippen molar-refractivity contribution in [1.29, 1.82) is 0 Å². The molecule has 2 heterocycles. The lowest BCUT2D eigenvalue weighted by Gasteiger charge is -2.61. The van der Waals surface area contributed by atoms with Crippen LogP contribution in [0.15, 0.2) is 48.7 Å². The Morgan fingerprint density at radius 3 is 2.62 bits per heavy atom. The number of carbonyl (C=O) groups excluding carboxylic acids is 1. The Morgan fingerprint density at radius 2 is 1.88 bits per heavy atom. The van der Waals surface area contributed by atoms with E-state index in [9.17, 15) is 4.79 Å². The number of amides is 1. The van der Waals surface area contributed by atoms with Crippen LogP contribution in [0.5, 0.6) is 5.75 Å². The largest absolute Gasteiger partial charge is 0.497 e. The third-order valence-electron chi connectivity index (χ3n) is 8.26. The fraction of sp³-hybridized carbons (Fsp3) is 0.500.